The van der Waals surface area contributed by atoms with Gasteiger partial charge >= 0.3 is 0 Å². The molecule has 5 heteroatoms. The number of hydrogen-bond acceptors (Lipinski definition) is 4. The molecule has 0 atom stereocenters. The van der Waals surface area contributed by atoms with Crippen molar-refractivity contribution < 1.29 is 8.42 Å². The Morgan fingerprint density at radius 1 is 1.15 bits per heavy atom. The summed E-state index contributed by atoms with van der Waals surface area (Å²) in [6.07, 6.45) is 0. The summed E-state index contributed by atoms with van der Waals surface area (Å²) in [6.45, 7) is 6.64. The summed E-state index contributed by atoms with van der Waals surface area (Å²) in [7, 11) is -3.11. The SMILES string of the molecule is CCS(=O)(=O)c1ccc(NCc2cc(C)sc2C)cc1. The molecule has 1 aromatic heterocycles. The van der Waals surface area contributed by atoms with Crippen molar-refractivity contribution in [2.75, 3.05) is 11.1 Å². The Labute approximate surface area is 124 Å². The first kappa shape index (κ1) is 15.1. The lowest BCUT2D eigenvalue weighted by molar-refractivity contribution is 0.597. The lowest BCUT2D eigenvalue weighted by Gasteiger charge is -2.07. The van der Waals surface area contributed by atoms with E-state index in [9.17, 15) is 8.42 Å². The first-order chi connectivity index (χ1) is 9.42. The van der Waals surface area contributed by atoms with Gasteiger partial charge in [0, 0.05) is 22.0 Å². The quantitative estimate of drug-likeness (QED) is 0.914. The van der Waals surface area contributed by atoms with Crippen molar-refractivity contribution in [3.05, 3.63) is 45.6 Å². The molecule has 0 aliphatic rings. The van der Waals surface area contributed by atoms with Crippen LogP contribution in [-0.4, -0.2) is 14.2 Å². The van der Waals surface area contributed by atoms with Crippen molar-refractivity contribution in [1.82, 2.24) is 0 Å². The van der Waals surface area contributed by atoms with Crippen molar-refractivity contribution in [3.8, 4) is 0 Å². The zero-order valence-electron chi connectivity index (χ0n) is 11.9. The van der Waals surface area contributed by atoms with Gasteiger partial charge in [0.2, 0.25) is 0 Å². The molecule has 0 radical (unpaired) electrons. The molecular formula is C15H19NO2S2. The molecule has 108 valence electrons. The van der Waals surface area contributed by atoms with Crippen LogP contribution in [0.25, 0.3) is 0 Å². The summed E-state index contributed by atoms with van der Waals surface area (Å²) in [4.78, 5) is 3.01. The summed E-state index contributed by atoms with van der Waals surface area (Å²) < 4.78 is 23.4. The summed E-state index contributed by atoms with van der Waals surface area (Å²) in [5, 5.41) is 3.32. The zero-order chi connectivity index (χ0) is 14.8. The van der Waals surface area contributed by atoms with E-state index in [4.69, 9.17) is 0 Å². The van der Waals surface area contributed by atoms with Crippen LogP contribution in [0.2, 0.25) is 0 Å². The Bertz CT molecular complexity index is 685. The van der Waals surface area contributed by atoms with Crippen molar-refractivity contribution in [1.29, 1.82) is 0 Å². The van der Waals surface area contributed by atoms with Crippen molar-refractivity contribution in [3.63, 3.8) is 0 Å². The lowest BCUT2D eigenvalue weighted by atomic mass is 10.2. The number of sulfone groups is 1. The maximum Gasteiger partial charge on any atom is 0.178 e. The van der Waals surface area contributed by atoms with Crippen LogP contribution in [0.3, 0.4) is 0 Å². The second kappa shape index (κ2) is 5.97. The molecule has 0 fully saturated rings. The Morgan fingerprint density at radius 2 is 1.80 bits per heavy atom. The third-order valence-corrected chi connectivity index (χ3v) is 5.98. The molecule has 20 heavy (non-hydrogen) atoms. The molecule has 3 nitrogen and oxygen atoms in total. The average Bonchev–Trinajstić information content (AvgIpc) is 2.75. The van der Waals surface area contributed by atoms with Gasteiger partial charge in [0.1, 0.15) is 0 Å². The van der Waals surface area contributed by atoms with Crippen molar-refractivity contribution >= 4 is 26.9 Å². The van der Waals surface area contributed by atoms with Gasteiger partial charge in [-0.05, 0) is 49.7 Å². The third kappa shape index (κ3) is 3.41. The van der Waals surface area contributed by atoms with E-state index in [1.165, 1.54) is 15.3 Å². The molecule has 0 saturated heterocycles. The summed E-state index contributed by atoms with van der Waals surface area (Å²) in [5.41, 5.74) is 2.22. The fourth-order valence-electron chi connectivity index (χ4n) is 2.00. The van der Waals surface area contributed by atoms with Gasteiger partial charge in [-0.3, -0.25) is 0 Å². The number of anilines is 1. The standard InChI is InChI=1S/C15H19NO2S2/c1-4-20(17,18)15-7-5-14(6-8-15)16-10-13-9-11(2)19-12(13)3/h5-9,16H,4,10H2,1-3H3. The normalized spacial score (nSPS) is 11.6. The van der Waals surface area contributed by atoms with E-state index in [-0.39, 0.29) is 5.75 Å². The first-order valence-electron chi connectivity index (χ1n) is 6.55. The second-order valence-electron chi connectivity index (χ2n) is 4.72. The monoisotopic (exact) mass is 309 g/mol. The van der Waals surface area contributed by atoms with Gasteiger partial charge in [-0.15, -0.1) is 11.3 Å². The molecule has 0 bridgehead atoms. The van der Waals surface area contributed by atoms with Crippen molar-refractivity contribution in [2.24, 2.45) is 0 Å². The largest absolute Gasteiger partial charge is 0.381 e. The van der Waals surface area contributed by atoms with Crippen LogP contribution in [0.4, 0.5) is 5.69 Å². The van der Waals surface area contributed by atoms with Crippen LogP contribution < -0.4 is 5.32 Å². The molecule has 0 amide bonds. The maximum absolute atomic E-state index is 11.7. The van der Waals surface area contributed by atoms with Crippen LogP contribution in [0.15, 0.2) is 35.2 Å². The molecule has 1 aromatic carbocycles. The van der Waals surface area contributed by atoms with Gasteiger partial charge in [0.05, 0.1) is 10.6 Å². The fourth-order valence-corrected chi connectivity index (χ4v) is 3.83. The maximum atomic E-state index is 11.7. The van der Waals surface area contributed by atoms with Gasteiger partial charge in [-0.2, -0.15) is 0 Å². The van der Waals surface area contributed by atoms with E-state index in [0.29, 0.717) is 4.90 Å². The highest BCUT2D eigenvalue weighted by atomic mass is 32.2. The molecule has 0 spiro atoms. The van der Waals surface area contributed by atoms with Gasteiger partial charge in [-0.1, -0.05) is 6.92 Å². The highest BCUT2D eigenvalue weighted by molar-refractivity contribution is 7.91. The zero-order valence-corrected chi connectivity index (χ0v) is 13.6. The van der Waals surface area contributed by atoms with E-state index < -0.39 is 9.84 Å². The van der Waals surface area contributed by atoms with E-state index in [2.05, 4.69) is 25.2 Å². The highest BCUT2D eigenvalue weighted by Crippen LogP contribution is 2.22. The van der Waals surface area contributed by atoms with Gasteiger partial charge in [0.25, 0.3) is 0 Å². The van der Waals surface area contributed by atoms with Crippen molar-refractivity contribution in [2.45, 2.75) is 32.2 Å². The predicted molar refractivity (Wildman–Crippen MR) is 85.3 cm³/mol. The number of aryl methyl sites for hydroxylation is 2. The highest BCUT2D eigenvalue weighted by Gasteiger charge is 2.10. The molecule has 0 aliphatic heterocycles. The minimum absolute atomic E-state index is 0.132. The Balaban J connectivity index is 2.06. The number of rotatable bonds is 5. The van der Waals surface area contributed by atoms with Gasteiger partial charge in [-0.25, -0.2) is 8.42 Å². The lowest BCUT2D eigenvalue weighted by Crippen LogP contribution is -2.04. The summed E-state index contributed by atoms with van der Waals surface area (Å²) in [5.74, 6) is 0.132. The van der Waals surface area contributed by atoms with E-state index >= 15 is 0 Å². The number of thiophene rings is 1. The third-order valence-electron chi connectivity index (χ3n) is 3.22. The van der Waals surface area contributed by atoms with Crippen LogP contribution >= 0.6 is 11.3 Å². The average molecular weight is 309 g/mol. The molecule has 1 N–H and O–H groups in total. The molecule has 0 saturated carbocycles. The molecular weight excluding hydrogens is 290 g/mol. The molecule has 2 rings (SSSR count). The number of benzene rings is 1. The summed E-state index contributed by atoms with van der Waals surface area (Å²) in [6, 6.07) is 9.14. The Kier molecular flexibility index (Phi) is 4.50. The summed E-state index contributed by atoms with van der Waals surface area (Å²) >= 11 is 1.79. The predicted octanol–water partition coefficient (Wildman–Crippen LogP) is 3.77. The van der Waals surface area contributed by atoms with E-state index in [1.807, 2.05) is 12.1 Å². The van der Waals surface area contributed by atoms with E-state index in [1.54, 1.807) is 30.4 Å². The number of hydrogen-bond donors (Lipinski definition) is 1. The van der Waals surface area contributed by atoms with Crippen LogP contribution in [0.5, 0.6) is 0 Å². The molecule has 1 heterocycles. The van der Waals surface area contributed by atoms with Gasteiger partial charge < -0.3 is 5.32 Å². The number of nitrogens with one attached hydrogen (secondary N) is 1. The Morgan fingerprint density at radius 3 is 2.30 bits per heavy atom. The molecule has 0 aliphatic carbocycles. The van der Waals surface area contributed by atoms with E-state index in [0.717, 1.165) is 12.2 Å². The van der Waals surface area contributed by atoms with Crippen LogP contribution in [-0.2, 0) is 16.4 Å². The first-order valence-corrected chi connectivity index (χ1v) is 9.02. The van der Waals surface area contributed by atoms with Crippen LogP contribution in [0.1, 0.15) is 22.2 Å². The molecule has 0 unspecified atom stereocenters. The topological polar surface area (TPSA) is 46.2 Å². The Hall–Kier alpha value is -1.33. The molecule has 2 aromatic rings. The van der Waals surface area contributed by atoms with Crippen LogP contribution in [0, 0.1) is 13.8 Å². The van der Waals surface area contributed by atoms with Gasteiger partial charge in [0.15, 0.2) is 9.84 Å². The smallest absolute Gasteiger partial charge is 0.178 e. The minimum Gasteiger partial charge on any atom is -0.381 e. The minimum atomic E-state index is -3.11. The second-order valence-corrected chi connectivity index (χ2v) is 8.46. The fraction of sp³-hybridized carbons (Fsp3) is 0.333.